The normalized spacial score (nSPS) is 20.0. The van der Waals surface area contributed by atoms with E-state index in [1.807, 2.05) is 35.4 Å². The maximum Gasteiger partial charge on any atom is 0.229 e. The molecule has 7 heteroatoms. The number of halogens is 1. The van der Waals surface area contributed by atoms with Crippen LogP contribution in [0.15, 0.2) is 41.1 Å². The second-order valence-electron chi connectivity index (χ2n) is 7.00. The van der Waals surface area contributed by atoms with Crippen LogP contribution >= 0.6 is 15.9 Å². The predicted molar refractivity (Wildman–Crippen MR) is 102 cm³/mol. The van der Waals surface area contributed by atoms with Gasteiger partial charge in [-0.2, -0.15) is 5.10 Å². The van der Waals surface area contributed by atoms with Crippen LogP contribution in [0.3, 0.4) is 0 Å². The number of anilines is 1. The molecule has 1 atom stereocenters. The van der Waals surface area contributed by atoms with Crippen LogP contribution in [0, 0.1) is 11.8 Å². The van der Waals surface area contributed by atoms with Crippen molar-refractivity contribution in [1.82, 2.24) is 14.7 Å². The molecule has 6 nitrogen and oxygen atoms in total. The first kappa shape index (κ1) is 17.3. The quantitative estimate of drug-likeness (QED) is 0.831. The van der Waals surface area contributed by atoms with E-state index < -0.39 is 0 Å². The van der Waals surface area contributed by atoms with E-state index in [1.165, 1.54) is 0 Å². The Morgan fingerprint density at radius 3 is 2.77 bits per heavy atom. The van der Waals surface area contributed by atoms with Crippen LogP contribution < -0.4 is 5.32 Å². The zero-order valence-corrected chi connectivity index (χ0v) is 16.0. The van der Waals surface area contributed by atoms with Crippen molar-refractivity contribution in [3.63, 3.8) is 0 Å². The second kappa shape index (κ2) is 7.23. The van der Waals surface area contributed by atoms with Crippen LogP contribution in [0.2, 0.25) is 0 Å². The van der Waals surface area contributed by atoms with Gasteiger partial charge >= 0.3 is 0 Å². The number of carbonyl (C=O) groups is 2. The van der Waals surface area contributed by atoms with Gasteiger partial charge in [-0.1, -0.05) is 15.9 Å². The minimum absolute atomic E-state index is 0.0372. The van der Waals surface area contributed by atoms with Gasteiger partial charge in [0.05, 0.1) is 17.3 Å². The summed E-state index contributed by atoms with van der Waals surface area (Å²) in [4.78, 5) is 27.1. The smallest absolute Gasteiger partial charge is 0.229 e. The summed E-state index contributed by atoms with van der Waals surface area (Å²) in [6.45, 7) is 1.29. The van der Waals surface area contributed by atoms with E-state index in [2.05, 4.69) is 26.3 Å². The van der Waals surface area contributed by atoms with Crippen molar-refractivity contribution < 1.29 is 9.59 Å². The minimum Gasteiger partial charge on any atom is -0.342 e. The number of nitrogens with zero attached hydrogens (tertiary/aromatic N) is 3. The highest BCUT2D eigenvalue weighted by molar-refractivity contribution is 9.10. The minimum atomic E-state index is -0.170. The number of likely N-dealkylation sites (tertiary alicyclic amines) is 1. The summed E-state index contributed by atoms with van der Waals surface area (Å²) in [6.07, 6.45) is 7.23. The Morgan fingerprint density at radius 2 is 2.04 bits per heavy atom. The fraction of sp³-hybridized carbons (Fsp3) is 0.421. The lowest BCUT2D eigenvalue weighted by Crippen LogP contribution is -2.44. The van der Waals surface area contributed by atoms with E-state index in [9.17, 15) is 9.59 Å². The van der Waals surface area contributed by atoms with Crippen LogP contribution in [-0.4, -0.2) is 39.6 Å². The van der Waals surface area contributed by atoms with E-state index in [0.29, 0.717) is 12.2 Å². The lowest BCUT2D eigenvalue weighted by molar-refractivity contribution is -0.135. The van der Waals surface area contributed by atoms with E-state index in [4.69, 9.17) is 0 Å². The third kappa shape index (κ3) is 3.67. The van der Waals surface area contributed by atoms with Gasteiger partial charge in [0.15, 0.2) is 0 Å². The maximum absolute atomic E-state index is 12.9. The number of hydrogen-bond acceptors (Lipinski definition) is 3. The first-order valence-electron chi connectivity index (χ1n) is 9.01. The van der Waals surface area contributed by atoms with Gasteiger partial charge in [0.25, 0.3) is 0 Å². The van der Waals surface area contributed by atoms with Crippen LogP contribution in [0.5, 0.6) is 0 Å². The molecule has 2 amide bonds. The zero-order chi connectivity index (χ0) is 18.1. The number of piperidine rings is 1. The molecule has 1 saturated heterocycles. The Morgan fingerprint density at radius 1 is 1.19 bits per heavy atom. The molecule has 4 rings (SSSR count). The van der Waals surface area contributed by atoms with Crippen molar-refractivity contribution in [2.24, 2.45) is 11.8 Å². The van der Waals surface area contributed by atoms with Gasteiger partial charge in [0, 0.05) is 35.9 Å². The van der Waals surface area contributed by atoms with Crippen molar-refractivity contribution in [2.45, 2.75) is 25.7 Å². The van der Waals surface area contributed by atoms with Crippen LogP contribution in [0.1, 0.15) is 25.7 Å². The molecule has 0 radical (unpaired) electrons. The molecule has 1 saturated carbocycles. The Balaban J connectivity index is 1.49. The largest absolute Gasteiger partial charge is 0.342 e. The van der Waals surface area contributed by atoms with Crippen LogP contribution in [-0.2, 0) is 9.59 Å². The standard InChI is InChI=1S/C19H21BrN4O2/c20-15-6-7-17(24-10-2-8-21-24)16(11-15)22-18(25)14-3-1-9-23(12-14)19(26)13-4-5-13/h2,6-8,10-11,13-14H,1,3-5,9,12H2,(H,22,25)/t14-/m1/s1. The molecule has 0 spiro atoms. The van der Waals surface area contributed by atoms with E-state index in [-0.39, 0.29) is 23.7 Å². The van der Waals surface area contributed by atoms with E-state index in [1.54, 1.807) is 10.9 Å². The molecular weight excluding hydrogens is 396 g/mol. The van der Waals surface area contributed by atoms with Gasteiger partial charge in [0.2, 0.25) is 11.8 Å². The Hall–Kier alpha value is -2.15. The molecule has 2 aliphatic rings. The Bertz CT molecular complexity index is 817. The first-order valence-corrected chi connectivity index (χ1v) is 9.80. The highest BCUT2D eigenvalue weighted by atomic mass is 79.9. The Labute approximate surface area is 160 Å². The summed E-state index contributed by atoms with van der Waals surface area (Å²) >= 11 is 3.46. The fourth-order valence-corrected chi connectivity index (χ4v) is 3.80. The zero-order valence-electron chi connectivity index (χ0n) is 14.4. The third-order valence-electron chi connectivity index (χ3n) is 5.00. The lowest BCUT2D eigenvalue weighted by Gasteiger charge is -2.32. The molecule has 136 valence electrons. The molecular formula is C19H21BrN4O2. The first-order chi connectivity index (χ1) is 12.6. The van der Waals surface area contributed by atoms with Gasteiger partial charge in [-0.3, -0.25) is 9.59 Å². The Kier molecular flexibility index (Phi) is 4.80. The topological polar surface area (TPSA) is 67.2 Å². The monoisotopic (exact) mass is 416 g/mol. The molecule has 2 fully saturated rings. The molecule has 1 aromatic carbocycles. The molecule has 0 unspecified atom stereocenters. The summed E-state index contributed by atoms with van der Waals surface area (Å²) in [5.74, 6) is 0.219. The number of carbonyl (C=O) groups excluding carboxylic acids is 2. The summed E-state index contributed by atoms with van der Waals surface area (Å²) in [7, 11) is 0. The average Bonchev–Trinajstić information content (AvgIpc) is 3.36. The molecule has 1 aromatic heterocycles. The van der Waals surface area contributed by atoms with Crippen molar-refractivity contribution in [1.29, 1.82) is 0 Å². The molecule has 0 bridgehead atoms. The van der Waals surface area contributed by atoms with Crippen molar-refractivity contribution in [3.8, 4) is 5.69 Å². The lowest BCUT2D eigenvalue weighted by atomic mass is 9.96. The number of nitrogens with one attached hydrogen (secondary N) is 1. The molecule has 2 aromatic rings. The van der Waals surface area contributed by atoms with Crippen molar-refractivity contribution in [2.75, 3.05) is 18.4 Å². The number of amides is 2. The van der Waals surface area contributed by atoms with Crippen LogP contribution in [0.4, 0.5) is 5.69 Å². The van der Waals surface area contributed by atoms with Gasteiger partial charge < -0.3 is 10.2 Å². The van der Waals surface area contributed by atoms with Gasteiger partial charge in [0.1, 0.15) is 0 Å². The second-order valence-corrected chi connectivity index (χ2v) is 7.91. The molecule has 1 aliphatic carbocycles. The molecule has 1 N–H and O–H groups in total. The third-order valence-corrected chi connectivity index (χ3v) is 5.49. The number of aromatic nitrogens is 2. The summed E-state index contributed by atoms with van der Waals surface area (Å²) < 4.78 is 2.61. The van der Waals surface area contributed by atoms with Crippen molar-refractivity contribution >= 4 is 33.4 Å². The van der Waals surface area contributed by atoms with Gasteiger partial charge in [-0.15, -0.1) is 0 Å². The maximum atomic E-state index is 12.9. The molecule has 2 heterocycles. The molecule has 1 aliphatic heterocycles. The van der Waals surface area contributed by atoms with Gasteiger partial charge in [-0.25, -0.2) is 4.68 Å². The number of rotatable bonds is 4. The SMILES string of the molecule is O=C(Nc1cc(Br)ccc1-n1cccn1)[C@@H]1CCCN(C(=O)C2CC2)C1. The number of hydrogen-bond donors (Lipinski definition) is 1. The van der Waals surface area contributed by atoms with E-state index >= 15 is 0 Å². The van der Waals surface area contributed by atoms with Crippen molar-refractivity contribution in [3.05, 3.63) is 41.1 Å². The molecule has 26 heavy (non-hydrogen) atoms. The highest BCUT2D eigenvalue weighted by Crippen LogP contribution is 2.33. The fourth-order valence-electron chi connectivity index (χ4n) is 3.43. The average molecular weight is 417 g/mol. The number of benzene rings is 1. The summed E-state index contributed by atoms with van der Waals surface area (Å²) in [6, 6.07) is 7.56. The van der Waals surface area contributed by atoms with Gasteiger partial charge in [-0.05, 0) is 49.9 Å². The predicted octanol–water partition coefficient (Wildman–Crippen LogP) is 3.22. The summed E-state index contributed by atoms with van der Waals surface area (Å²) in [5, 5.41) is 7.30. The van der Waals surface area contributed by atoms with Crippen LogP contribution in [0.25, 0.3) is 5.69 Å². The highest BCUT2D eigenvalue weighted by Gasteiger charge is 2.36. The van der Waals surface area contributed by atoms with E-state index in [0.717, 1.165) is 42.4 Å². The summed E-state index contributed by atoms with van der Waals surface area (Å²) in [5.41, 5.74) is 1.52.